The van der Waals surface area contributed by atoms with Crippen LogP contribution in [0.1, 0.15) is 25.5 Å². The van der Waals surface area contributed by atoms with E-state index >= 15 is 0 Å². The lowest BCUT2D eigenvalue weighted by atomic mass is 10.0. The van der Waals surface area contributed by atoms with Gasteiger partial charge in [-0.2, -0.15) is 0 Å². The molecule has 0 bridgehead atoms. The number of fused-ring (bicyclic) bond motifs is 1. The van der Waals surface area contributed by atoms with Crippen LogP contribution in [0.3, 0.4) is 0 Å². The van der Waals surface area contributed by atoms with Crippen LogP contribution in [0.5, 0.6) is 0 Å². The van der Waals surface area contributed by atoms with Crippen LogP contribution in [0.2, 0.25) is 0 Å². The molecule has 1 saturated heterocycles. The summed E-state index contributed by atoms with van der Waals surface area (Å²) >= 11 is 0. The van der Waals surface area contributed by atoms with E-state index in [-0.39, 0.29) is 11.8 Å². The second kappa shape index (κ2) is 7.00. The minimum absolute atomic E-state index is 0.0178. The maximum Gasteiger partial charge on any atom is 0.155 e. The summed E-state index contributed by atoms with van der Waals surface area (Å²) in [6, 6.07) is 8.33. The quantitative estimate of drug-likeness (QED) is 0.710. The molecular weight excluding hydrogens is 324 g/mol. The van der Waals surface area contributed by atoms with Gasteiger partial charge in [0.2, 0.25) is 0 Å². The molecule has 0 saturated carbocycles. The Balaban J connectivity index is 1.58. The monoisotopic (exact) mass is 348 g/mol. The van der Waals surface area contributed by atoms with Crippen LogP contribution in [-0.2, 0) is 18.3 Å². The molecule has 134 valence electrons. The predicted octanol–water partition coefficient (Wildman–Crippen LogP) is 3.23. The van der Waals surface area contributed by atoms with Gasteiger partial charge in [0, 0.05) is 29.9 Å². The number of ketones is 1. The Kier molecular flexibility index (Phi) is 4.55. The maximum atomic E-state index is 12.6. The van der Waals surface area contributed by atoms with Gasteiger partial charge in [-0.1, -0.05) is 12.1 Å². The number of benzene rings is 1. The molecule has 1 unspecified atom stereocenters. The van der Waals surface area contributed by atoms with Crippen LogP contribution in [0.25, 0.3) is 22.0 Å². The van der Waals surface area contributed by atoms with Crippen molar-refractivity contribution in [2.45, 2.75) is 32.2 Å². The lowest BCUT2D eigenvalue weighted by molar-refractivity contribution is -0.122. The van der Waals surface area contributed by atoms with Gasteiger partial charge in [-0.3, -0.25) is 14.7 Å². The van der Waals surface area contributed by atoms with Crippen molar-refractivity contribution in [3.05, 3.63) is 48.7 Å². The number of likely N-dealkylation sites (tertiary alicyclic amines) is 1. The van der Waals surface area contributed by atoms with Crippen LogP contribution in [0.4, 0.5) is 0 Å². The summed E-state index contributed by atoms with van der Waals surface area (Å²) < 4.78 is 2.00. The van der Waals surface area contributed by atoms with Crippen LogP contribution in [0.15, 0.2) is 43.0 Å². The van der Waals surface area contributed by atoms with Crippen molar-refractivity contribution in [2.75, 3.05) is 13.1 Å². The third-order valence-corrected chi connectivity index (χ3v) is 5.40. The highest BCUT2D eigenvalue weighted by Gasteiger charge is 2.24. The summed E-state index contributed by atoms with van der Waals surface area (Å²) in [5, 5.41) is 2.19. The van der Waals surface area contributed by atoms with Gasteiger partial charge in [-0.15, -0.1) is 0 Å². The van der Waals surface area contributed by atoms with Gasteiger partial charge >= 0.3 is 0 Å². The van der Waals surface area contributed by atoms with E-state index in [4.69, 9.17) is 0 Å². The van der Waals surface area contributed by atoms with Crippen LogP contribution in [-0.4, -0.2) is 44.3 Å². The second-order valence-corrected chi connectivity index (χ2v) is 7.19. The van der Waals surface area contributed by atoms with E-state index in [0.29, 0.717) is 6.42 Å². The van der Waals surface area contributed by atoms with Crippen molar-refractivity contribution in [3.63, 3.8) is 0 Å². The van der Waals surface area contributed by atoms with Gasteiger partial charge in [-0.05, 0) is 50.4 Å². The van der Waals surface area contributed by atoms with Crippen LogP contribution in [0, 0.1) is 0 Å². The van der Waals surface area contributed by atoms with Crippen LogP contribution < -0.4 is 0 Å². The van der Waals surface area contributed by atoms with E-state index in [1.54, 1.807) is 6.33 Å². The number of aromatic nitrogens is 3. The van der Waals surface area contributed by atoms with E-state index < -0.39 is 0 Å². The second-order valence-electron chi connectivity index (χ2n) is 7.19. The number of pyridine rings is 1. The molecule has 2 aromatic heterocycles. The highest BCUT2D eigenvalue weighted by molar-refractivity contribution is 5.89. The zero-order valence-corrected chi connectivity index (χ0v) is 15.4. The van der Waals surface area contributed by atoms with Crippen molar-refractivity contribution >= 4 is 16.6 Å². The third-order valence-electron chi connectivity index (χ3n) is 5.40. The minimum atomic E-state index is -0.0178. The summed E-state index contributed by atoms with van der Waals surface area (Å²) in [6.07, 6.45) is 8.32. The molecule has 1 aliphatic rings. The fourth-order valence-electron chi connectivity index (χ4n) is 3.74. The molecule has 1 aromatic carbocycles. The number of Topliss-reactive ketones (excluding diaryl/α,β-unsaturated/α-hetero) is 1. The standard InChI is InChI=1S/C21H24N4O/c1-15(25-7-3-4-8-25)21(26)11-19-10-18-9-16(5-6-17(18)12-23-19)20-13-22-14-24(20)2/h5-6,9-10,12-15H,3-4,7-8,11H2,1-2H3. The average Bonchev–Trinajstić information content (AvgIpc) is 3.32. The Morgan fingerprint density at radius 1 is 1.15 bits per heavy atom. The summed E-state index contributed by atoms with van der Waals surface area (Å²) in [6.45, 7) is 4.09. The number of aryl methyl sites for hydroxylation is 1. The normalized spacial score (nSPS) is 16.2. The minimum Gasteiger partial charge on any atom is -0.334 e. The van der Waals surface area contributed by atoms with Gasteiger partial charge in [0.25, 0.3) is 0 Å². The molecule has 1 aliphatic heterocycles. The predicted molar refractivity (Wildman–Crippen MR) is 103 cm³/mol. The van der Waals surface area contributed by atoms with Gasteiger partial charge < -0.3 is 4.57 Å². The molecule has 0 spiro atoms. The third kappa shape index (κ3) is 3.27. The first-order valence-corrected chi connectivity index (χ1v) is 9.24. The number of imidazole rings is 1. The average molecular weight is 348 g/mol. The van der Waals surface area contributed by atoms with Crippen molar-refractivity contribution in [1.82, 2.24) is 19.4 Å². The van der Waals surface area contributed by atoms with Crippen molar-refractivity contribution in [2.24, 2.45) is 7.05 Å². The summed E-state index contributed by atoms with van der Waals surface area (Å²) in [5.74, 6) is 0.251. The first kappa shape index (κ1) is 16.9. The van der Waals surface area contributed by atoms with E-state index in [9.17, 15) is 4.79 Å². The van der Waals surface area contributed by atoms with Crippen LogP contribution >= 0.6 is 0 Å². The largest absolute Gasteiger partial charge is 0.334 e. The van der Waals surface area contributed by atoms with Crippen molar-refractivity contribution in [1.29, 1.82) is 0 Å². The summed E-state index contributed by atoms with van der Waals surface area (Å²) in [5.41, 5.74) is 3.03. The van der Waals surface area contributed by atoms with Crippen molar-refractivity contribution in [3.8, 4) is 11.3 Å². The Bertz CT molecular complexity index is 940. The SMILES string of the molecule is CC(C(=O)Cc1cc2cc(-c3cncn3C)ccc2cn1)N1CCCC1. The lowest BCUT2D eigenvalue weighted by Crippen LogP contribution is -2.37. The molecule has 5 nitrogen and oxygen atoms in total. The molecule has 0 radical (unpaired) electrons. The Hall–Kier alpha value is -2.53. The van der Waals surface area contributed by atoms with Crippen molar-refractivity contribution < 1.29 is 4.79 Å². The molecule has 0 amide bonds. The van der Waals surface area contributed by atoms with Gasteiger partial charge in [0.1, 0.15) is 0 Å². The number of nitrogens with zero attached hydrogens (tertiary/aromatic N) is 4. The number of rotatable bonds is 5. The Morgan fingerprint density at radius 3 is 2.69 bits per heavy atom. The fraction of sp³-hybridized carbons (Fsp3) is 0.381. The fourth-order valence-corrected chi connectivity index (χ4v) is 3.74. The Morgan fingerprint density at radius 2 is 1.96 bits per heavy atom. The molecule has 26 heavy (non-hydrogen) atoms. The number of carbonyl (C=O) groups is 1. The van der Waals surface area contributed by atoms with Gasteiger partial charge in [0.05, 0.1) is 30.7 Å². The van der Waals surface area contributed by atoms with E-state index in [1.165, 1.54) is 12.8 Å². The molecule has 1 fully saturated rings. The molecule has 4 rings (SSSR count). The molecule has 5 heteroatoms. The van der Waals surface area contributed by atoms with E-state index in [2.05, 4.69) is 33.1 Å². The molecule has 3 aromatic rings. The topological polar surface area (TPSA) is 51.0 Å². The number of hydrogen-bond acceptors (Lipinski definition) is 4. The first-order valence-electron chi connectivity index (χ1n) is 9.24. The van der Waals surface area contributed by atoms with Gasteiger partial charge in [0.15, 0.2) is 5.78 Å². The molecule has 0 aliphatic carbocycles. The lowest BCUT2D eigenvalue weighted by Gasteiger charge is -2.22. The highest BCUT2D eigenvalue weighted by atomic mass is 16.1. The number of hydrogen-bond donors (Lipinski definition) is 0. The maximum absolute atomic E-state index is 12.6. The molecule has 3 heterocycles. The first-order chi connectivity index (χ1) is 12.6. The molecule has 0 N–H and O–H groups in total. The smallest absolute Gasteiger partial charge is 0.155 e. The zero-order chi connectivity index (χ0) is 18.1. The molecular formula is C21H24N4O. The van der Waals surface area contributed by atoms with E-state index in [1.807, 2.05) is 37.0 Å². The zero-order valence-electron chi connectivity index (χ0n) is 15.4. The summed E-state index contributed by atoms with van der Waals surface area (Å²) in [7, 11) is 1.99. The summed E-state index contributed by atoms with van der Waals surface area (Å²) in [4.78, 5) is 23.6. The van der Waals surface area contributed by atoms with Gasteiger partial charge in [-0.25, -0.2) is 4.98 Å². The number of carbonyl (C=O) groups excluding carboxylic acids is 1. The van der Waals surface area contributed by atoms with E-state index in [0.717, 1.165) is 40.8 Å². The molecule has 1 atom stereocenters. The Labute approximate surface area is 153 Å². The highest BCUT2D eigenvalue weighted by Crippen LogP contribution is 2.24.